The lowest BCUT2D eigenvalue weighted by Crippen LogP contribution is -2.41. The monoisotopic (exact) mass is 536 g/mol. The predicted octanol–water partition coefficient (Wildman–Crippen LogP) is 3.40. The lowest BCUT2D eigenvalue weighted by atomic mass is 10.1. The second kappa shape index (κ2) is 15.2. The summed E-state index contributed by atoms with van der Waals surface area (Å²) < 4.78 is 5.25. The number of nitrogens with zero attached hydrogens (tertiary/aromatic N) is 3. The van der Waals surface area contributed by atoms with E-state index in [0.717, 1.165) is 18.5 Å². The van der Waals surface area contributed by atoms with E-state index in [0.29, 0.717) is 48.1 Å². The molecule has 39 heavy (non-hydrogen) atoms. The Morgan fingerprint density at radius 1 is 1.23 bits per heavy atom. The van der Waals surface area contributed by atoms with Crippen molar-refractivity contribution in [2.75, 3.05) is 44.4 Å². The summed E-state index contributed by atoms with van der Waals surface area (Å²) in [4.78, 5) is 34.3. The summed E-state index contributed by atoms with van der Waals surface area (Å²) >= 11 is 0. The van der Waals surface area contributed by atoms with E-state index in [4.69, 9.17) is 10.1 Å². The Morgan fingerprint density at radius 3 is 2.67 bits per heavy atom. The summed E-state index contributed by atoms with van der Waals surface area (Å²) in [5.74, 6) is 7.00. The van der Waals surface area contributed by atoms with Gasteiger partial charge >= 0.3 is 6.09 Å². The van der Waals surface area contributed by atoms with Gasteiger partial charge in [-0.2, -0.15) is 4.98 Å². The quantitative estimate of drug-likeness (QED) is 0.214. The van der Waals surface area contributed by atoms with Crippen LogP contribution in [0.4, 0.5) is 16.6 Å². The molecule has 2 amide bonds. The van der Waals surface area contributed by atoms with Crippen molar-refractivity contribution in [2.45, 2.75) is 52.6 Å². The van der Waals surface area contributed by atoms with Gasteiger partial charge in [0.2, 0.25) is 11.9 Å². The van der Waals surface area contributed by atoms with Gasteiger partial charge in [-0.25, -0.2) is 9.78 Å². The van der Waals surface area contributed by atoms with Crippen LogP contribution in [0, 0.1) is 17.3 Å². The van der Waals surface area contributed by atoms with Crippen molar-refractivity contribution in [3.05, 3.63) is 47.5 Å². The Balaban J connectivity index is 1.89. The first-order valence-corrected chi connectivity index (χ1v) is 13.0. The summed E-state index contributed by atoms with van der Waals surface area (Å²) in [6, 6.07) is 0. The van der Waals surface area contributed by atoms with Gasteiger partial charge in [0.25, 0.3) is 0 Å². The number of unbranched alkanes of at least 4 members (excludes halogenated alkanes) is 1. The molecule has 5 N–H and O–H groups in total. The first-order valence-electron chi connectivity index (χ1n) is 13.0. The normalized spacial score (nSPS) is 13.6. The largest absolute Gasteiger partial charge is 0.444 e. The minimum Gasteiger partial charge on any atom is -0.444 e. The van der Waals surface area contributed by atoms with Crippen LogP contribution in [-0.2, 0) is 9.53 Å². The van der Waals surface area contributed by atoms with Crippen LogP contribution in [-0.4, -0.2) is 71.9 Å². The third kappa shape index (κ3) is 11.3. The number of anilines is 2. The number of hydrogen-bond donors (Lipinski definition) is 5. The third-order valence-electron chi connectivity index (χ3n) is 5.05. The fourth-order valence-electron chi connectivity index (χ4n) is 3.19. The number of ether oxygens (including phenoxy) is 1. The van der Waals surface area contributed by atoms with Crippen LogP contribution < -0.4 is 21.3 Å². The maximum absolute atomic E-state index is 12.1. The molecule has 0 aliphatic heterocycles. The van der Waals surface area contributed by atoms with Gasteiger partial charge < -0.3 is 36.3 Å². The van der Waals surface area contributed by atoms with Crippen molar-refractivity contribution in [3.8, 4) is 11.8 Å². The number of allylic oxidation sites excluding steroid dienone is 4. The maximum atomic E-state index is 12.1. The zero-order valence-corrected chi connectivity index (χ0v) is 23.7. The predicted molar refractivity (Wildman–Crippen MR) is 155 cm³/mol. The van der Waals surface area contributed by atoms with Crippen molar-refractivity contribution < 1.29 is 14.3 Å². The van der Waals surface area contributed by atoms with Gasteiger partial charge in [-0.05, 0) is 51.8 Å². The standard InChI is InChI=1S/C28H40N8O3/c1-7-14-32-25-21(18-33-26(35-25)34-22-13-12-20(17-30-5)23(29)16-22)11-9-8-10-15-31-24(37)19-36(6)27(38)39-28(2,3)4/h12-13,16-18,29-30H,7-8,10,14-15,19H2,1-6H3,(H,31,37)(H2,32,33,34,35)/b20-17-,29-23?. The van der Waals surface area contributed by atoms with E-state index in [-0.39, 0.29) is 12.5 Å². The lowest BCUT2D eigenvalue weighted by molar-refractivity contribution is -0.122. The highest BCUT2D eigenvalue weighted by molar-refractivity contribution is 6.10. The molecule has 11 nitrogen and oxygen atoms in total. The van der Waals surface area contributed by atoms with Crippen LogP contribution in [0.3, 0.4) is 0 Å². The Hall–Kier alpha value is -4.33. The van der Waals surface area contributed by atoms with E-state index in [1.54, 1.807) is 46.3 Å². The van der Waals surface area contributed by atoms with E-state index >= 15 is 0 Å². The number of amides is 2. The van der Waals surface area contributed by atoms with Crippen LogP contribution in [0.1, 0.15) is 52.5 Å². The smallest absolute Gasteiger partial charge is 0.410 e. The molecule has 210 valence electrons. The average Bonchev–Trinajstić information content (AvgIpc) is 2.86. The molecule has 0 fully saturated rings. The molecule has 1 heterocycles. The molecule has 1 aliphatic carbocycles. The minimum atomic E-state index is -0.613. The average molecular weight is 537 g/mol. The Morgan fingerprint density at radius 2 is 2.00 bits per heavy atom. The second-order valence-corrected chi connectivity index (χ2v) is 9.83. The van der Waals surface area contributed by atoms with Gasteiger partial charge in [0, 0.05) is 51.1 Å². The molecular weight excluding hydrogens is 496 g/mol. The van der Waals surface area contributed by atoms with Gasteiger partial charge in [0.15, 0.2) is 0 Å². The molecule has 0 saturated heterocycles. The van der Waals surface area contributed by atoms with Gasteiger partial charge in [-0.1, -0.05) is 18.8 Å². The van der Waals surface area contributed by atoms with Crippen molar-refractivity contribution in [2.24, 2.45) is 0 Å². The minimum absolute atomic E-state index is 0.0770. The molecule has 11 heteroatoms. The fraction of sp³-hybridized carbons (Fsp3) is 0.464. The zero-order chi connectivity index (χ0) is 28.8. The molecule has 0 unspecified atom stereocenters. The summed E-state index contributed by atoms with van der Waals surface area (Å²) in [6.07, 6.45) is 10.5. The first-order chi connectivity index (χ1) is 18.5. The van der Waals surface area contributed by atoms with Crippen molar-refractivity contribution in [3.63, 3.8) is 0 Å². The van der Waals surface area contributed by atoms with Gasteiger partial charge in [0.05, 0.1) is 17.5 Å². The van der Waals surface area contributed by atoms with Crippen LogP contribution in [0.15, 0.2) is 41.9 Å². The molecule has 1 aromatic heterocycles. The highest BCUT2D eigenvalue weighted by Gasteiger charge is 2.21. The summed E-state index contributed by atoms with van der Waals surface area (Å²) in [6.45, 7) is 8.50. The Kier molecular flexibility index (Phi) is 12.0. The first kappa shape index (κ1) is 30.9. The van der Waals surface area contributed by atoms with Crippen molar-refractivity contribution in [1.82, 2.24) is 25.5 Å². The van der Waals surface area contributed by atoms with E-state index < -0.39 is 11.7 Å². The van der Waals surface area contributed by atoms with Crippen LogP contribution in [0.2, 0.25) is 0 Å². The van der Waals surface area contributed by atoms with E-state index in [1.165, 1.54) is 11.9 Å². The summed E-state index contributed by atoms with van der Waals surface area (Å²) in [5.41, 5.74) is 1.95. The van der Waals surface area contributed by atoms with E-state index in [1.807, 2.05) is 12.2 Å². The molecule has 1 aromatic rings. The lowest BCUT2D eigenvalue weighted by Gasteiger charge is -2.24. The van der Waals surface area contributed by atoms with E-state index in [2.05, 4.69) is 50.0 Å². The van der Waals surface area contributed by atoms with E-state index in [9.17, 15) is 9.59 Å². The number of rotatable bonds is 11. The highest BCUT2D eigenvalue weighted by Crippen LogP contribution is 2.17. The zero-order valence-electron chi connectivity index (χ0n) is 23.7. The number of nitrogens with one attached hydrogen (secondary N) is 5. The topological polar surface area (TPSA) is 144 Å². The second-order valence-electron chi connectivity index (χ2n) is 9.83. The van der Waals surface area contributed by atoms with Crippen LogP contribution in [0.25, 0.3) is 0 Å². The number of hydrogen-bond acceptors (Lipinski definition) is 9. The summed E-state index contributed by atoms with van der Waals surface area (Å²) in [5, 5.41) is 20.3. The number of carbonyl (C=O) groups is 2. The van der Waals surface area contributed by atoms with Gasteiger partial charge in [0.1, 0.15) is 18.0 Å². The molecule has 0 spiro atoms. The molecule has 0 bridgehead atoms. The van der Waals surface area contributed by atoms with Gasteiger partial charge in [-0.3, -0.25) is 4.79 Å². The fourth-order valence-corrected chi connectivity index (χ4v) is 3.19. The SMILES string of the molecule is CCCNc1nc(NC2=CC(=N)/C(=C\NC)C=C2)ncc1C#CCCCNC(=O)CN(C)C(=O)OC(C)(C)C. The van der Waals surface area contributed by atoms with Gasteiger partial charge in [-0.15, -0.1) is 0 Å². The molecule has 0 aromatic carbocycles. The Labute approximate surface area is 231 Å². The van der Waals surface area contributed by atoms with Crippen molar-refractivity contribution >= 4 is 29.5 Å². The molecular formula is C28H40N8O3. The molecule has 0 atom stereocenters. The Bertz CT molecular complexity index is 1190. The molecule has 0 radical (unpaired) electrons. The van der Waals surface area contributed by atoms with Crippen LogP contribution >= 0.6 is 0 Å². The summed E-state index contributed by atoms with van der Waals surface area (Å²) in [7, 11) is 3.32. The number of carbonyl (C=O) groups excluding carboxylic acids is 2. The molecule has 2 rings (SSSR count). The number of likely N-dealkylation sites (N-methyl/N-ethyl adjacent to an activating group) is 1. The highest BCUT2D eigenvalue weighted by atomic mass is 16.6. The number of aromatic nitrogens is 2. The van der Waals surface area contributed by atoms with Crippen molar-refractivity contribution in [1.29, 1.82) is 5.41 Å². The molecule has 0 saturated carbocycles. The van der Waals surface area contributed by atoms with Crippen LogP contribution in [0.5, 0.6) is 0 Å². The molecule has 1 aliphatic rings. The maximum Gasteiger partial charge on any atom is 0.410 e. The third-order valence-corrected chi connectivity index (χ3v) is 5.05.